The molecule has 36 heavy (non-hydrogen) atoms. The third kappa shape index (κ3) is 5.78. The van der Waals surface area contributed by atoms with Crippen LogP contribution in [0.15, 0.2) is 76.7 Å². The van der Waals surface area contributed by atoms with Gasteiger partial charge in [-0.05, 0) is 74.1 Å². The molecule has 1 amide bonds. The zero-order valence-electron chi connectivity index (χ0n) is 20.4. The molecule has 7 heteroatoms. The number of pyridine rings is 1. The van der Waals surface area contributed by atoms with Gasteiger partial charge in [0.05, 0.1) is 18.8 Å². The maximum absolute atomic E-state index is 12.1. The second-order valence-electron chi connectivity index (χ2n) is 9.77. The highest BCUT2D eigenvalue weighted by Gasteiger charge is 2.41. The van der Waals surface area contributed by atoms with Crippen LogP contribution in [0.2, 0.25) is 5.02 Å². The van der Waals surface area contributed by atoms with E-state index in [2.05, 4.69) is 35.2 Å². The van der Waals surface area contributed by atoms with Crippen LogP contribution in [0.25, 0.3) is 0 Å². The summed E-state index contributed by atoms with van der Waals surface area (Å²) in [6, 6.07) is 22.3. The highest BCUT2D eigenvalue weighted by Crippen LogP contribution is 2.43. The van der Waals surface area contributed by atoms with Crippen molar-refractivity contribution >= 4 is 29.3 Å². The standard InChI is InChI=1S/C29H32ClN3O2S/c30-23-6-8-24(9-7-23)36-28-25(27(31)34)10-11-26(32-28)22-12-14-29(15-13-22,33-16-18-35-19-17-33)20-21-4-2-1-3-5-21/h1-11,22H,12-20H2,(H2,31,34). The van der Waals surface area contributed by atoms with E-state index in [1.54, 1.807) is 0 Å². The van der Waals surface area contributed by atoms with Crippen LogP contribution in [-0.4, -0.2) is 47.6 Å². The topological polar surface area (TPSA) is 68.5 Å². The summed E-state index contributed by atoms with van der Waals surface area (Å²) in [5, 5.41) is 1.34. The molecule has 3 aromatic rings. The normalized spacial score (nSPS) is 22.9. The van der Waals surface area contributed by atoms with Gasteiger partial charge in [0, 0.05) is 40.2 Å². The lowest BCUT2D eigenvalue weighted by molar-refractivity contribution is -0.0395. The highest BCUT2D eigenvalue weighted by molar-refractivity contribution is 7.99. The van der Waals surface area contributed by atoms with Crippen molar-refractivity contribution < 1.29 is 9.53 Å². The molecule has 0 radical (unpaired) electrons. The Kier molecular flexibility index (Phi) is 7.96. The third-order valence-corrected chi connectivity index (χ3v) is 8.83. The van der Waals surface area contributed by atoms with E-state index in [1.165, 1.54) is 17.3 Å². The fraction of sp³-hybridized carbons (Fsp3) is 0.379. The number of benzene rings is 2. The van der Waals surface area contributed by atoms with Crippen LogP contribution in [-0.2, 0) is 11.2 Å². The molecule has 1 aliphatic heterocycles. The molecule has 2 N–H and O–H groups in total. The number of aromatic nitrogens is 1. The zero-order chi connectivity index (χ0) is 25.0. The third-order valence-electron chi connectivity index (χ3n) is 7.57. The minimum absolute atomic E-state index is 0.148. The summed E-state index contributed by atoms with van der Waals surface area (Å²) in [7, 11) is 0. The van der Waals surface area contributed by atoms with Gasteiger partial charge >= 0.3 is 0 Å². The maximum Gasteiger partial charge on any atom is 0.251 e. The molecule has 5 rings (SSSR count). The molecule has 0 unspecified atom stereocenters. The van der Waals surface area contributed by atoms with Crippen molar-refractivity contribution in [2.75, 3.05) is 26.3 Å². The molecule has 1 saturated carbocycles. The molecule has 1 aromatic heterocycles. The average Bonchev–Trinajstić information content (AvgIpc) is 2.91. The number of hydrogen-bond donors (Lipinski definition) is 1. The lowest BCUT2D eigenvalue weighted by Gasteiger charge is -2.49. The van der Waals surface area contributed by atoms with E-state index in [0.29, 0.717) is 21.5 Å². The quantitative estimate of drug-likeness (QED) is 0.415. The Balaban J connectivity index is 1.36. The first-order chi connectivity index (χ1) is 17.5. The number of nitrogens with zero attached hydrogens (tertiary/aromatic N) is 2. The summed E-state index contributed by atoms with van der Waals surface area (Å²) in [5.41, 5.74) is 8.74. The Morgan fingerprint density at radius 3 is 2.39 bits per heavy atom. The van der Waals surface area contributed by atoms with Crippen molar-refractivity contribution in [2.24, 2.45) is 5.73 Å². The number of morpholine rings is 1. The molecule has 1 aliphatic carbocycles. The Morgan fingerprint density at radius 1 is 1.03 bits per heavy atom. The number of halogens is 1. The second-order valence-corrected chi connectivity index (χ2v) is 11.3. The molecule has 188 valence electrons. The lowest BCUT2D eigenvalue weighted by Crippen LogP contribution is -2.56. The summed E-state index contributed by atoms with van der Waals surface area (Å²) in [4.78, 5) is 20.7. The van der Waals surface area contributed by atoms with Crippen LogP contribution in [0.3, 0.4) is 0 Å². The number of rotatable bonds is 7. The molecule has 2 fully saturated rings. The van der Waals surface area contributed by atoms with Crippen molar-refractivity contribution in [3.05, 3.63) is 88.6 Å². The number of ether oxygens (including phenoxy) is 1. The van der Waals surface area contributed by atoms with E-state index in [4.69, 9.17) is 27.1 Å². The van der Waals surface area contributed by atoms with Gasteiger partial charge in [-0.3, -0.25) is 9.69 Å². The summed E-state index contributed by atoms with van der Waals surface area (Å²) < 4.78 is 5.68. The Morgan fingerprint density at radius 2 is 1.72 bits per heavy atom. The molecule has 0 spiro atoms. The highest BCUT2D eigenvalue weighted by atomic mass is 35.5. The molecular formula is C29H32ClN3O2S. The van der Waals surface area contributed by atoms with Gasteiger partial charge in [0.15, 0.2) is 0 Å². The fourth-order valence-electron chi connectivity index (χ4n) is 5.63. The van der Waals surface area contributed by atoms with E-state index in [1.807, 2.05) is 36.4 Å². The predicted molar refractivity (Wildman–Crippen MR) is 145 cm³/mol. The van der Waals surface area contributed by atoms with Gasteiger partial charge in [0.25, 0.3) is 5.91 Å². The van der Waals surface area contributed by atoms with Crippen molar-refractivity contribution in [3.8, 4) is 0 Å². The SMILES string of the molecule is NC(=O)c1ccc(C2CCC(Cc3ccccc3)(N3CCOCC3)CC2)nc1Sc1ccc(Cl)cc1. The van der Waals surface area contributed by atoms with Crippen molar-refractivity contribution in [2.45, 2.75) is 53.5 Å². The van der Waals surface area contributed by atoms with Crippen molar-refractivity contribution in [1.82, 2.24) is 9.88 Å². The summed E-state index contributed by atoms with van der Waals surface area (Å²) in [6.07, 6.45) is 5.43. The molecular weight excluding hydrogens is 490 g/mol. The molecule has 5 nitrogen and oxygen atoms in total. The van der Waals surface area contributed by atoms with Gasteiger partial charge in [0.1, 0.15) is 5.03 Å². The number of hydrogen-bond acceptors (Lipinski definition) is 5. The van der Waals surface area contributed by atoms with Gasteiger partial charge in [0.2, 0.25) is 0 Å². The second kappa shape index (κ2) is 11.3. The van der Waals surface area contributed by atoms with E-state index >= 15 is 0 Å². The Bertz CT molecular complexity index is 1170. The summed E-state index contributed by atoms with van der Waals surface area (Å²) >= 11 is 7.50. The van der Waals surface area contributed by atoms with E-state index in [9.17, 15) is 4.79 Å². The number of carbonyl (C=O) groups excluding carboxylic acids is 1. The Labute approximate surface area is 222 Å². The number of carbonyl (C=O) groups is 1. The molecule has 2 aromatic carbocycles. The zero-order valence-corrected chi connectivity index (χ0v) is 21.9. The van der Waals surface area contributed by atoms with Crippen LogP contribution < -0.4 is 5.73 Å². The molecule has 2 heterocycles. The molecule has 0 atom stereocenters. The van der Waals surface area contributed by atoms with Gasteiger partial charge in [-0.25, -0.2) is 4.98 Å². The Hall–Kier alpha value is -2.38. The van der Waals surface area contributed by atoms with Gasteiger partial charge in [-0.15, -0.1) is 0 Å². The molecule has 2 aliphatic rings. The first-order valence-electron chi connectivity index (χ1n) is 12.6. The largest absolute Gasteiger partial charge is 0.379 e. The number of nitrogens with two attached hydrogens (primary N) is 1. The van der Waals surface area contributed by atoms with E-state index in [0.717, 1.165) is 69.0 Å². The van der Waals surface area contributed by atoms with Crippen LogP contribution in [0.4, 0.5) is 0 Å². The van der Waals surface area contributed by atoms with Gasteiger partial charge in [-0.1, -0.05) is 53.7 Å². The van der Waals surface area contributed by atoms with Crippen LogP contribution in [0, 0.1) is 0 Å². The summed E-state index contributed by atoms with van der Waals surface area (Å²) in [6.45, 7) is 3.60. The fourth-order valence-corrected chi connectivity index (χ4v) is 6.68. The van der Waals surface area contributed by atoms with Gasteiger partial charge in [-0.2, -0.15) is 0 Å². The summed E-state index contributed by atoms with van der Waals surface area (Å²) in [5.74, 6) is -0.0928. The van der Waals surface area contributed by atoms with Crippen molar-refractivity contribution in [3.63, 3.8) is 0 Å². The van der Waals surface area contributed by atoms with E-state index < -0.39 is 5.91 Å². The number of primary amides is 1. The van der Waals surface area contributed by atoms with Crippen LogP contribution in [0.1, 0.15) is 53.2 Å². The van der Waals surface area contributed by atoms with Crippen LogP contribution in [0.5, 0.6) is 0 Å². The van der Waals surface area contributed by atoms with Crippen molar-refractivity contribution in [1.29, 1.82) is 0 Å². The van der Waals surface area contributed by atoms with Crippen LogP contribution >= 0.6 is 23.4 Å². The van der Waals surface area contributed by atoms with E-state index in [-0.39, 0.29) is 5.54 Å². The lowest BCUT2D eigenvalue weighted by atomic mass is 9.71. The molecule has 0 bridgehead atoms. The predicted octanol–water partition coefficient (Wildman–Crippen LogP) is 5.96. The first-order valence-corrected chi connectivity index (χ1v) is 13.8. The maximum atomic E-state index is 12.1. The smallest absolute Gasteiger partial charge is 0.251 e. The first kappa shape index (κ1) is 25.3. The monoisotopic (exact) mass is 521 g/mol. The van der Waals surface area contributed by atoms with Gasteiger partial charge < -0.3 is 10.5 Å². The minimum atomic E-state index is -0.455. The molecule has 1 saturated heterocycles. The minimum Gasteiger partial charge on any atom is -0.379 e. The average molecular weight is 522 g/mol. The number of amides is 1.